The zero-order valence-electron chi connectivity index (χ0n) is 18.0. The summed E-state index contributed by atoms with van der Waals surface area (Å²) in [6.45, 7) is 3.30. The molecule has 2 aromatic carbocycles. The predicted molar refractivity (Wildman–Crippen MR) is 123 cm³/mol. The van der Waals surface area contributed by atoms with Crippen molar-refractivity contribution in [1.29, 1.82) is 0 Å². The van der Waals surface area contributed by atoms with Gasteiger partial charge >= 0.3 is 6.03 Å². The van der Waals surface area contributed by atoms with E-state index in [1.54, 1.807) is 23.1 Å². The molecule has 0 aliphatic carbocycles. The third kappa shape index (κ3) is 4.61. The highest BCUT2D eigenvalue weighted by atomic mass is 32.1. The van der Waals surface area contributed by atoms with Crippen LogP contribution in [0.1, 0.15) is 44.8 Å². The van der Waals surface area contributed by atoms with Crippen molar-refractivity contribution in [3.8, 4) is 11.5 Å². The molecule has 2 N–H and O–H groups in total. The number of anilines is 1. The second kappa shape index (κ2) is 9.07. The number of fused-ring (bicyclic) bond motifs is 1. The maximum Gasteiger partial charge on any atom is 0.318 e. The second-order valence-electron chi connectivity index (χ2n) is 7.96. The molecule has 0 saturated carbocycles. The van der Waals surface area contributed by atoms with Crippen molar-refractivity contribution in [3.05, 3.63) is 63.6 Å². The molecule has 5 rings (SSSR count). The van der Waals surface area contributed by atoms with Crippen LogP contribution >= 0.6 is 11.3 Å². The Balaban J connectivity index is 1.22. The number of hydrogen-bond acceptors (Lipinski definition) is 7. The quantitative estimate of drug-likeness (QED) is 0.593. The van der Waals surface area contributed by atoms with Crippen molar-refractivity contribution in [2.45, 2.75) is 32.4 Å². The van der Waals surface area contributed by atoms with Gasteiger partial charge in [0.1, 0.15) is 5.01 Å². The highest BCUT2D eigenvalue weighted by Crippen LogP contribution is 2.35. The largest absolute Gasteiger partial charge is 0.454 e. The van der Waals surface area contributed by atoms with Gasteiger partial charge in [0.15, 0.2) is 11.5 Å². The number of rotatable bonds is 5. The minimum absolute atomic E-state index is 0.139. The Hall–Kier alpha value is -3.66. The third-order valence-corrected chi connectivity index (χ3v) is 6.65. The van der Waals surface area contributed by atoms with Crippen molar-refractivity contribution in [3.63, 3.8) is 0 Å². The van der Waals surface area contributed by atoms with Crippen LogP contribution in [0.15, 0.2) is 42.5 Å². The summed E-state index contributed by atoms with van der Waals surface area (Å²) in [6, 6.07) is 12.9. The van der Waals surface area contributed by atoms with Gasteiger partial charge in [-0.15, -0.1) is 10.2 Å². The van der Waals surface area contributed by atoms with Gasteiger partial charge in [-0.25, -0.2) is 4.79 Å². The van der Waals surface area contributed by atoms with Crippen LogP contribution < -0.4 is 20.1 Å². The SMILES string of the molecule is Cc1ccc(CNC(=O)N2CCC[C@@H]2c2nnc(C(=O)Nc3ccc4c(c3)OCO4)s2)cc1. The van der Waals surface area contributed by atoms with E-state index in [1.807, 2.05) is 31.2 Å². The number of carbonyl (C=O) groups is 2. The summed E-state index contributed by atoms with van der Waals surface area (Å²) >= 11 is 1.21. The molecule has 3 heterocycles. The number of aryl methyl sites for hydroxylation is 1. The lowest BCUT2D eigenvalue weighted by molar-refractivity contribution is 0.102. The number of aromatic nitrogens is 2. The second-order valence-corrected chi connectivity index (χ2v) is 8.97. The fourth-order valence-corrected chi connectivity index (χ4v) is 4.76. The Bertz CT molecular complexity index is 1180. The summed E-state index contributed by atoms with van der Waals surface area (Å²) in [5, 5.41) is 15.0. The van der Waals surface area contributed by atoms with Crippen LogP contribution in [0.3, 0.4) is 0 Å². The zero-order chi connectivity index (χ0) is 22.8. The normalized spacial score (nSPS) is 16.6. The molecule has 1 aromatic heterocycles. The smallest absolute Gasteiger partial charge is 0.318 e. The topological polar surface area (TPSA) is 106 Å². The molecular formula is C23H23N5O4S. The van der Waals surface area contributed by atoms with Crippen molar-refractivity contribution in [1.82, 2.24) is 20.4 Å². The van der Waals surface area contributed by atoms with Gasteiger partial charge in [0.25, 0.3) is 5.91 Å². The van der Waals surface area contributed by atoms with Crippen molar-refractivity contribution < 1.29 is 19.1 Å². The number of likely N-dealkylation sites (tertiary alicyclic amines) is 1. The molecule has 2 aliphatic rings. The number of benzene rings is 2. The number of urea groups is 1. The minimum atomic E-state index is -0.356. The van der Waals surface area contributed by atoms with Crippen molar-refractivity contribution in [2.24, 2.45) is 0 Å². The molecule has 3 aromatic rings. The molecule has 0 radical (unpaired) electrons. The van der Waals surface area contributed by atoms with E-state index in [1.165, 1.54) is 16.9 Å². The number of nitrogens with zero attached hydrogens (tertiary/aromatic N) is 3. The maximum atomic E-state index is 12.8. The highest BCUT2D eigenvalue weighted by Gasteiger charge is 2.33. The van der Waals surface area contributed by atoms with Crippen molar-refractivity contribution >= 4 is 29.0 Å². The molecule has 0 spiro atoms. The molecule has 0 unspecified atom stereocenters. The summed E-state index contributed by atoms with van der Waals surface area (Å²) in [4.78, 5) is 27.3. The van der Waals surface area contributed by atoms with Gasteiger partial charge in [-0.1, -0.05) is 41.2 Å². The average molecular weight is 466 g/mol. The van der Waals surface area contributed by atoms with Gasteiger partial charge in [0, 0.05) is 24.8 Å². The molecule has 33 heavy (non-hydrogen) atoms. The summed E-state index contributed by atoms with van der Waals surface area (Å²) in [7, 11) is 0. The predicted octanol–water partition coefficient (Wildman–Crippen LogP) is 3.87. The van der Waals surface area contributed by atoms with Crippen LogP contribution in [-0.4, -0.2) is 40.4 Å². The average Bonchev–Trinajstić information content (AvgIpc) is 3.58. The van der Waals surface area contributed by atoms with Crippen LogP contribution in [0, 0.1) is 6.92 Å². The standard InChI is InChI=1S/C23H23N5O4S/c1-14-4-6-15(7-5-14)12-24-23(30)28-10-2-3-17(28)21-26-27-22(33-21)20(29)25-16-8-9-18-19(11-16)32-13-31-18/h4-9,11,17H,2-3,10,12-13H2,1H3,(H,24,30)(H,25,29)/t17-/m1/s1. The highest BCUT2D eigenvalue weighted by molar-refractivity contribution is 7.13. The molecule has 1 atom stereocenters. The molecule has 2 aliphatic heterocycles. The molecular weight excluding hydrogens is 442 g/mol. The number of nitrogens with one attached hydrogen (secondary N) is 2. The Morgan fingerprint density at radius 2 is 1.94 bits per heavy atom. The van der Waals surface area contributed by atoms with E-state index < -0.39 is 0 Å². The Morgan fingerprint density at radius 1 is 1.12 bits per heavy atom. The monoisotopic (exact) mass is 465 g/mol. The van der Waals surface area contributed by atoms with E-state index in [9.17, 15) is 9.59 Å². The molecule has 1 saturated heterocycles. The first-order valence-electron chi connectivity index (χ1n) is 10.7. The van der Waals surface area contributed by atoms with Crippen LogP contribution in [-0.2, 0) is 6.54 Å². The Morgan fingerprint density at radius 3 is 2.79 bits per heavy atom. The van der Waals surface area contributed by atoms with Crippen LogP contribution in [0.4, 0.5) is 10.5 Å². The van der Waals surface area contributed by atoms with E-state index in [0.717, 1.165) is 18.4 Å². The molecule has 170 valence electrons. The van der Waals surface area contributed by atoms with Gasteiger partial charge in [0.05, 0.1) is 6.04 Å². The van der Waals surface area contributed by atoms with Gasteiger partial charge in [0.2, 0.25) is 11.8 Å². The molecule has 10 heteroatoms. The first-order valence-corrected chi connectivity index (χ1v) is 11.5. The van der Waals surface area contributed by atoms with Crippen LogP contribution in [0.5, 0.6) is 11.5 Å². The van der Waals surface area contributed by atoms with Crippen LogP contribution in [0.2, 0.25) is 0 Å². The van der Waals surface area contributed by atoms with E-state index >= 15 is 0 Å². The van der Waals surface area contributed by atoms with E-state index in [4.69, 9.17) is 9.47 Å². The summed E-state index contributed by atoms with van der Waals surface area (Å²) in [5.41, 5.74) is 2.81. The zero-order valence-corrected chi connectivity index (χ0v) is 18.9. The van der Waals surface area contributed by atoms with Crippen LogP contribution in [0.25, 0.3) is 0 Å². The summed E-state index contributed by atoms with van der Waals surface area (Å²) < 4.78 is 10.6. The van der Waals surface area contributed by atoms with Gasteiger partial charge in [-0.3, -0.25) is 4.79 Å². The fourth-order valence-electron chi connectivity index (χ4n) is 3.87. The molecule has 3 amide bonds. The molecule has 0 bridgehead atoms. The van der Waals surface area contributed by atoms with Gasteiger partial charge in [-0.2, -0.15) is 0 Å². The Labute approximate surface area is 194 Å². The molecule has 9 nitrogen and oxygen atoms in total. The lowest BCUT2D eigenvalue weighted by Crippen LogP contribution is -2.39. The first-order chi connectivity index (χ1) is 16.1. The van der Waals surface area contributed by atoms with Crippen molar-refractivity contribution in [2.75, 3.05) is 18.7 Å². The summed E-state index contributed by atoms with van der Waals surface area (Å²) in [6.07, 6.45) is 1.66. The van der Waals surface area contributed by atoms with Gasteiger partial charge in [-0.05, 0) is 37.5 Å². The minimum Gasteiger partial charge on any atom is -0.454 e. The third-order valence-electron chi connectivity index (χ3n) is 5.63. The summed E-state index contributed by atoms with van der Waals surface area (Å²) in [5.74, 6) is 0.878. The van der Waals surface area contributed by atoms with E-state index in [-0.39, 0.29) is 29.8 Å². The number of amides is 3. The number of hydrogen-bond donors (Lipinski definition) is 2. The fraction of sp³-hybridized carbons (Fsp3) is 0.304. The lowest BCUT2D eigenvalue weighted by Gasteiger charge is -2.23. The van der Waals surface area contributed by atoms with Gasteiger partial charge < -0.3 is 25.0 Å². The maximum absolute atomic E-state index is 12.8. The number of ether oxygens (including phenoxy) is 2. The lowest BCUT2D eigenvalue weighted by atomic mass is 10.1. The molecule has 1 fully saturated rings. The Kier molecular flexibility index (Phi) is 5.82. The number of carbonyl (C=O) groups excluding carboxylic acids is 2. The van der Waals surface area contributed by atoms with E-state index in [0.29, 0.717) is 35.3 Å². The van der Waals surface area contributed by atoms with E-state index in [2.05, 4.69) is 20.8 Å². The first kappa shape index (κ1) is 21.2.